The first-order valence-electron chi connectivity index (χ1n) is 35.7. The predicted octanol–water partition coefficient (Wildman–Crippen LogP) is 24.2. The van der Waals surface area contributed by atoms with Gasteiger partial charge in [-0.1, -0.05) is 302 Å². The fourth-order valence-electron chi connectivity index (χ4n) is 6.96. The van der Waals surface area contributed by atoms with Crippen molar-refractivity contribution in [2.45, 2.75) is 151 Å². The largest absolute Gasteiger partial charge is 0.289 e. The summed E-state index contributed by atoms with van der Waals surface area (Å²) in [6.45, 7) is 40.9. The Morgan fingerprint density at radius 2 is 0.683 bits per heavy atom. The van der Waals surface area contributed by atoms with Crippen LogP contribution in [0.15, 0.2) is 310 Å². The summed E-state index contributed by atoms with van der Waals surface area (Å²) in [6, 6.07) is 56.0. The van der Waals surface area contributed by atoms with Crippen molar-refractivity contribution in [1.82, 2.24) is 65.5 Å². The lowest BCUT2D eigenvalue weighted by molar-refractivity contribution is 0.969. The van der Waals surface area contributed by atoms with E-state index in [1.54, 1.807) is 49.9 Å². The van der Waals surface area contributed by atoms with E-state index in [-0.39, 0.29) is 0 Å². The number of nitrogens with zero attached hydrogens (tertiary/aromatic N) is 15. The summed E-state index contributed by atoms with van der Waals surface area (Å²) in [5, 5.41) is 31.3. The first-order chi connectivity index (χ1) is 50.3. The summed E-state index contributed by atoms with van der Waals surface area (Å²) in [5.41, 5.74) is 4.00. The van der Waals surface area contributed by atoms with Gasteiger partial charge in [0, 0.05) is 94.5 Å². The third-order valence-corrected chi connectivity index (χ3v) is 10.9. The second-order valence-electron chi connectivity index (χ2n) is 16.6. The normalized spacial score (nSPS) is 9.62. The maximum atomic E-state index is 4.18. The van der Waals surface area contributed by atoms with Crippen molar-refractivity contribution < 1.29 is 0 Å². The second-order valence-corrected chi connectivity index (χ2v) is 16.6. The van der Waals surface area contributed by atoms with Gasteiger partial charge in [-0.2, -0.15) is 25.5 Å². The lowest BCUT2D eigenvalue weighted by atomic mass is 10.2. The van der Waals surface area contributed by atoms with E-state index < -0.39 is 0 Å². The van der Waals surface area contributed by atoms with Crippen LogP contribution < -0.4 is 0 Å². The number of fused-ring (bicyclic) bond motifs is 6. The summed E-state index contributed by atoms with van der Waals surface area (Å²) in [6.07, 6.45) is 43.9. The van der Waals surface area contributed by atoms with Crippen LogP contribution in [0.25, 0.3) is 65.2 Å². The Morgan fingerprint density at radius 3 is 1.03 bits per heavy atom. The molecule has 0 saturated heterocycles. The lowest BCUT2D eigenvalue weighted by Crippen LogP contribution is -1.79. The van der Waals surface area contributed by atoms with Crippen LogP contribution in [0.4, 0.5) is 0 Å². The molecule has 15 nitrogen and oxygen atoms in total. The Balaban J connectivity index is -0.000000507. The van der Waals surface area contributed by atoms with E-state index in [9.17, 15) is 0 Å². The summed E-state index contributed by atoms with van der Waals surface area (Å²) < 4.78 is 0. The number of hydrogen-bond acceptors (Lipinski definition) is 15. The van der Waals surface area contributed by atoms with Gasteiger partial charge in [-0.25, -0.2) is 24.9 Å². The third-order valence-electron chi connectivity index (χ3n) is 10.9. The molecule has 0 atom stereocenters. The maximum absolute atomic E-state index is 4.18. The quantitative estimate of drug-likeness (QED) is 0.139. The Morgan fingerprint density at radius 1 is 0.257 bits per heavy atom. The fourth-order valence-corrected chi connectivity index (χ4v) is 6.96. The summed E-state index contributed by atoms with van der Waals surface area (Å²) in [7, 11) is 0. The van der Waals surface area contributed by atoms with Crippen LogP contribution in [-0.4, -0.2) is 84.5 Å². The minimum Gasteiger partial charge on any atom is -0.289 e. The minimum atomic E-state index is 0.889. The van der Waals surface area contributed by atoms with Crippen molar-refractivity contribution >= 4 is 77.6 Å². The predicted molar refractivity (Wildman–Crippen MR) is 443 cm³/mol. The highest BCUT2D eigenvalue weighted by atomic mass is 15.1. The van der Waals surface area contributed by atoms with Crippen LogP contribution in [-0.2, 0) is 0 Å². The monoisotopic (exact) mass is 1360 g/mol. The van der Waals surface area contributed by atoms with E-state index in [2.05, 4.69) is 124 Å². The molecule has 9 heterocycles. The zero-order valence-corrected chi connectivity index (χ0v) is 64.3. The van der Waals surface area contributed by atoms with Gasteiger partial charge in [-0.3, -0.25) is 20.0 Å². The molecule has 2 aliphatic heterocycles. The minimum absolute atomic E-state index is 0.889. The van der Waals surface area contributed by atoms with E-state index in [1.165, 1.54) is 28.7 Å². The Hall–Kier alpha value is -11.2. The van der Waals surface area contributed by atoms with Gasteiger partial charge in [0.15, 0.2) is 0 Å². The number of aromatic nitrogens is 13. The van der Waals surface area contributed by atoms with Crippen molar-refractivity contribution in [2.75, 3.05) is 6.54 Å². The molecule has 0 unspecified atom stereocenters. The number of hydrogen-bond donors (Lipinski definition) is 0. The van der Waals surface area contributed by atoms with Gasteiger partial charge in [-0.15, -0.1) is 5.10 Å². The number of pyridine rings is 2. The molecule has 0 fully saturated rings. The third kappa shape index (κ3) is 48.2. The number of allylic oxidation sites excluding steroid dienone is 6. The molecule has 13 aromatic rings. The van der Waals surface area contributed by atoms with E-state index in [0.29, 0.717) is 0 Å². The summed E-state index contributed by atoms with van der Waals surface area (Å²) >= 11 is 0. The van der Waals surface area contributed by atoms with Crippen LogP contribution in [0.5, 0.6) is 0 Å². The smallest absolute Gasteiger partial charge is 0.138 e. The van der Waals surface area contributed by atoms with Crippen molar-refractivity contribution in [2.24, 2.45) is 9.98 Å². The molecular formula is C86H117N15. The van der Waals surface area contributed by atoms with Crippen LogP contribution in [0.3, 0.4) is 0 Å². The SMILES string of the molecule is C1=CCC=C1.C1=CCN=C1.C1=CN=CC1.CC.CC.CC.CC.CC.CC.CC.CC.CC.CC.c1ccc2cnccc2c1.c1ccc2cnncc2c1.c1ccc2ncccc2c1.c1ccc2ncncc2c1.c1ccc2ncncc2c1.c1ccc2nnccc2c1.c1cnncn1. The average Bonchev–Trinajstić information content (AvgIpc) is 1.31. The van der Waals surface area contributed by atoms with Crippen molar-refractivity contribution in [1.29, 1.82) is 0 Å². The molecule has 0 radical (unpaired) electrons. The van der Waals surface area contributed by atoms with E-state index in [1.807, 2.05) is 339 Å². The molecule has 0 bridgehead atoms. The molecule has 0 N–H and O–H groups in total. The summed E-state index contributed by atoms with van der Waals surface area (Å²) in [5.74, 6) is 0. The summed E-state index contributed by atoms with van der Waals surface area (Å²) in [4.78, 5) is 35.4. The van der Waals surface area contributed by atoms with Crippen LogP contribution in [0.2, 0.25) is 0 Å². The Bertz CT molecular complexity index is 2990. The topological polar surface area (TPSA) is 192 Å². The van der Waals surface area contributed by atoms with Gasteiger partial charge in [0.25, 0.3) is 0 Å². The van der Waals surface area contributed by atoms with Gasteiger partial charge in [-0.05, 0) is 65.7 Å². The van der Waals surface area contributed by atoms with Gasteiger partial charge in [0.2, 0.25) is 0 Å². The number of rotatable bonds is 0. The van der Waals surface area contributed by atoms with E-state index in [4.69, 9.17) is 0 Å². The van der Waals surface area contributed by atoms with Crippen molar-refractivity contribution in [3.63, 3.8) is 0 Å². The molecule has 0 amide bonds. The molecule has 1 aliphatic carbocycles. The fraction of sp³-hybridized carbons (Fsp3) is 0.267. The zero-order valence-electron chi connectivity index (χ0n) is 64.3. The first kappa shape index (κ1) is 96.2. The molecule has 3 aliphatic rings. The molecule has 536 valence electrons. The van der Waals surface area contributed by atoms with Gasteiger partial charge in [0.05, 0.1) is 53.4 Å². The molecule has 0 saturated carbocycles. The highest BCUT2D eigenvalue weighted by Crippen LogP contribution is 2.12. The maximum Gasteiger partial charge on any atom is 0.138 e. The average molecular weight is 1360 g/mol. The zero-order chi connectivity index (χ0) is 75.7. The highest BCUT2D eigenvalue weighted by Gasteiger charge is 1.92. The van der Waals surface area contributed by atoms with Crippen LogP contribution in [0, 0.1) is 0 Å². The molecule has 15 heteroatoms. The number of para-hydroxylation sites is 3. The Kier molecular flexibility index (Phi) is 74.1. The molecule has 7 aromatic heterocycles. The lowest BCUT2D eigenvalue weighted by Gasteiger charge is -1.91. The molecule has 16 rings (SSSR count). The van der Waals surface area contributed by atoms with Gasteiger partial charge < -0.3 is 0 Å². The number of aliphatic imine (C=N–C) groups is 2. The van der Waals surface area contributed by atoms with Gasteiger partial charge >= 0.3 is 0 Å². The van der Waals surface area contributed by atoms with Gasteiger partial charge in [0.1, 0.15) is 19.0 Å². The van der Waals surface area contributed by atoms with Crippen molar-refractivity contribution in [3.8, 4) is 0 Å². The van der Waals surface area contributed by atoms with Crippen molar-refractivity contribution in [3.05, 3.63) is 300 Å². The number of benzene rings is 6. The molecule has 101 heavy (non-hydrogen) atoms. The Labute approximate surface area is 607 Å². The van der Waals surface area contributed by atoms with Crippen LogP contribution in [0.1, 0.15) is 151 Å². The standard InChI is InChI=1S/2C9H7N.4C8H6N2.C5H6.2C4H5N.C3H3N3.10C2H6/c1-2-6-9-8(4-1)5-3-7-10-9;1-2-4-9-7-10-6-5-8(9)3-1;2*1-2-4-8-7(3-1)5-9-6-10-8;1-2-4-8-6-10-9-5-7(8)3-1;1-2-4-8-7(3-1)5-6-9-10-8;3*1-2-4-5-3-1;1-2-5-6-3-4-1;10*1-2/h2*1-7H;4*1-6H;1-4H,5H2;1,3-4H,2H2;1-3H,4H2;1-3H;10*1-2H3. The molecule has 6 aromatic carbocycles. The molecular weight excluding hydrogens is 1240 g/mol. The molecule has 0 spiro atoms. The van der Waals surface area contributed by atoms with E-state index in [0.717, 1.165) is 68.4 Å². The van der Waals surface area contributed by atoms with E-state index >= 15 is 0 Å². The second kappa shape index (κ2) is 77.8. The highest BCUT2D eigenvalue weighted by molar-refractivity contribution is 5.82. The van der Waals surface area contributed by atoms with Crippen LogP contribution >= 0.6 is 0 Å². The first-order valence-corrected chi connectivity index (χ1v) is 35.7.